The lowest BCUT2D eigenvalue weighted by Crippen LogP contribution is -2.22. The van der Waals surface area contributed by atoms with Crippen molar-refractivity contribution in [2.45, 2.75) is 13.3 Å². The number of rotatable bonds is 7. The van der Waals surface area contributed by atoms with Gasteiger partial charge in [-0.25, -0.2) is 0 Å². The van der Waals surface area contributed by atoms with Crippen LogP contribution in [0.4, 0.5) is 11.4 Å². The molecule has 0 atom stereocenters. The zero-order valence-electron chi connectivity index (χ0n) is 15.2. The van der Waals surface area contributed by atoms with Crippen LogP contribution in [0.3, 0.4) is 0 Å². The van der Waals surface area contributed by atoms with Gasteiger partial charge in [0.15, 0.2) is 5.78 Å². The Balaban J connectivity index is 1.60. The van der Waals surface area contributed by atoms with E-state index in [2.05, 4.69) is 22.8 Å². The summed E-state index contributed by atoms with van der Waals surface area (Å²) >= 11 is 0. The quantitative estimate of drug-likeness (QED) is 0.610. The van der Waals surface area contributed by atoms with Gasteiger partial charge in [-0.1, -0.05) is 48.5 Å². The Morgan fingerprint density at radius 2 is 1.48 bits per heavy atom. The molecule has 0 aromatic heterocycles. The highest BCUT2D eigenvalue weighted by Gasteiger charge is 2.07. The van der Waals surface area contributed by atoms with E-state index >= 15 is 0 Å². The summed E-state index contributed by atoms with van der Waals surface area (Å²) in [6.45, 7) is 1.68. The van der Waals surface area contributed by atoms with Gasteiger partial charge in [0.1, 0.15) is 0 Å². The monoisotopic (exact) mass is 358 g/mol. The van der Waals surface area contributed by atoms with Crippen LogP contribution in [0.2, 0.25) is 0 Å². The Morgan fingerprint density at radius 1 is 0.815 bits per heavy atom. The Labute approximate surface area is 159 Å². The van der Waals surface area contributed by atoms with Crippen LogP contribution in [-0.2, 0) is 11.2 Å². The molecule has 0 spiro atoms. The van der Waals surface area contributed by atoms with Crippen molar-refractivity contribution in [2.24, 2.45) is 0 Å². The van der Waals surface area contributed by atoms with Gasteiger partial charge in [-0.3, -0.25) is 9.59 Å². The van der Waals surface area contributed by atoms with Crippen LogP contribution in [-0.4, -0.2) is 18.2 Å². The van der Waals surface area contributed by atoms with Gasteiger partial charge in [-0.05, 0) is 54.8 Å². The fraction of sp³-hybridized carbons (Fsp3) is 0.130. The van der Waals surface area contributed by atoms with Crippen LogP contribution in [0.5, 0.6) is 0 Å². The summed E-state index contributed by atoms with van der Waals surface area (Å²) in [5.74, 6) is -0.0968. The van der Waals surface area contributed by atoms with E-state index in [4.69, 9.17) is 0 Å². The third-order valence-corrected chi connectivity index (χ3v) is 4.27. The lowest BCUT2D eigenvalue weighted by atomic mass is 10.0. The normalized spacial score (nSPS) is 10.3. The standard InChI is InChI=1S/C23H22N2O2/c1-17(26)19-11-13-21(14-12-19)24-16-23(27)25-22-10-6-5-9-20(22)15-18-7-3-2-4-8-18/h2-14,24H,15-16H2,1H3,(H,25,27). The van der Waals surface area contributed by atoms with E-state index in [1.807, 2.05) is 42.5 Å². The van der Waals surface area contributed by atoms with Gasteiger partial charge in [0.05, 0.1) is 6.54 Å². The zero-order chi connectivity index (χ0) is 19.1. The van der Waals surface area contributed by atoms with Gasteiger partial charge >= 0.3 is 0 Å². The molecule has 0 saturated heterocycles. The molecule has 0 heterocycles. The third kappa shape index (κ3) is 5.28. The second kappa shape index (κ2) is 8.81. The maximum Gasteiger partial charge on any atom is 0.243 e. The van der Waals surface area contributed by atoms with Crippen molar-refractivity contribution in [3.63, 3.8) is 0 Å². The molecule has 2 N–H and O–H groups in total. The van der Waals surface area contributed by atoms with Crippen LogP contribution in [0.25, 0.3) is 0 Å². The number of Topliss-reactive ketones (excluding diaryl/α,β-unsaturated/α-hetero) is 1. The highest BCUT2D eigenvalue weighted by atomic mass is 16.2. The summed E-state index contributed by atoms with van der Waals surface area (Å²) in [6.07, 6.45) is 0.761. The minimum absolute atomic E-state index is 0.0225. The summed E-state index contributed by atoms with van der Waals surface area (Å²) in [6, 6.07) is 25.1. The number of carbonyl (C=O) groups excluding carboxylic acids is 2. The summed E-state index contributed by atoms with van der Waals surface area (Å²) in [5.41, 5.74) is 4.54. The molecule has 1 amide bonds. The van der Waals surface area contributed by atoms with Crippen LogP contribution < -0.4 is 10.6 Å². The highest BCUT2D eigenvalue weighted by Crippen LogP contribution is 2.19. The maximum atomic E-state index is 12.3. The van der Waals surface area contributed by atoms with Crippen LogP contribution >= 0.6 is 0 Å². The zero-order valence-corrected chi connectivity index (χ0v) is 15.2. The minimum Gasteiger partial charge on any atom is -0.376 e. The molecular formula is C23H22N2O2. The van der Waals surface area contributed by atoms with Crippen LogP contribution in [0, 0.1) is 0 Å². The minimum atomic E-state index is -0.119. The molecule has 0 saturated carbocycles. The van der Waals surface area contributed by atoms with Gasteiger partial charge in [-0.2, -0.15) is 0 Å². The van der Waals surface area contributed by atoms with Gasteiger partial charge in [0.2, 0.25) is 5.91 Å². The fourth-order valence-corrected chi connectivity index (χ4v) is 2.81. The number of hydrogen-bond acceptors (Lipinski definition) is 3. The number of carbonyl (C=O) groups is 2. The SMILES string of the molecule is CC(=O)c1ccc(NCC(=O)Nc2ccccc2Cc2ccccc2)cc1. The van der Waals surface area contributed by atoms with Crippen molar-refractivity contribution in [1.29, 1.82) is 0 Å². The second-order valence-corrected chi connectivity index (χ2v) is 6.35. The first-order valence-corrected chi connectivity index (χ1v) is 8.88. The molecule has 3 rings (SSSR count). The fourth-order valence-electron chi connectivity index (χ4n) is 2.81. The van der Waals surface area contributed by atoms with E-state index in [9.17, 15) is 9.59 Å². The number of hydrogen-bond donors (Lipinski definition) is 2. The topological polar surface area (TPSA) is 58.2 Å². The van der Waals surface area contributed by atoms with Crippen molar-refractivity contribution >= 4 is 23.1 Å². The number of nitrogens with one attached hydrogen (secondary N) is 2. The van der Waals surface area contributed by atoms with Crippen molar-refractivity contribution in [2.75, 3.05) is 17.2 Å². The molecule has 3 aromatic carbocycles. The average molecular weight is 358 g/mol. The molecule has 4 nitrogen and oxygen atoms in total. The Hall–Kier alpha value is -3.40. The Kier molecular flexibility index (Phi) is 6.00. The van der Waals surface area contributed by atoms with Crippen LogP contribution in [0.1, 0.15) is 28.4 Å². The molecule has 0 unspecified atom stereocenters. The first kappa shape index (κ1) is 18.4. The van der Waals surface area contributed by atoms with E-state index in [-0.39, 0.29) is 18.2 Å². The van der Waals surface area contributed by atoms with E-state index in [1.165, 1.54) is 12.5 Å². The van der Waals surface area contributed by atoms with E-state index in [1.54, 1.807) is 24.3 Å². The van der Waals surface area contributed by atoms with E-state index in [0.29, 0.717) is 5.56 Å². The first-order valence-electron chi connectivity index (χ1n) is 8.88. The molecule has 0 aliphatic heterocycles. The highest BCUT2D eigenvalue weighted by molar-refractivity contribution is 5.95. The predicted octanol–water partition coefficient (Wildman–Crippen LogP) is 4.53. The van der Waals surface area contributed by atoms with Gasteiger partial charge in [-0.15, -0.1) is 0 Å². The van der Waals surface area contributed by atoms with Gasteiger partial charge in [0.25, 0.3) is 0 Å². The first-order chi connectivity index (χ1) is 13.1. The summed E-state index contributed by atoms with van der Waals surface area (Å²) in [4.78, 5) is 23.6. The van der Waals surface area contributed by atoms with Crippen LogP contribution in [0.15, 0.2) is 78.9 Å². The molecule has 0 aliphatic rings. The second-order valence-electron chi connectivity index (χ2n) is 6.35. The number of para-hydroxylation sites is 1. The lowest BCUT2D eigenvalue weighted by Gasteiger charge is -2.12. The van der Waals surface area contributed by atoms with Crippen molar-refractivity contribution in [3.8, 4) is 0 Å². The third-order valence-electron chi connectivity index (χ3n) is 4.27. The number of benzene rings is 3. The summed E-state index contributed by atoms with van der Waals surface area (Å²) in [7, 11) is 0. The molecular weight excluding hydrogens is 336 g/mol. The van der Waals surface area contributed by atoms with E-state index in [0.717, 1.165) is 23.4 Å². The molecule has 0 bridgehead atoms. The lowest BCUT2D eigenvalue weighted by molar-refractivity contribution is -0.114. The smallest absolute Gasteiger partial charge is 0.243 e. The number of ketones is 1. The van der Waals surface area contributed by atoms with Crippen molar-refractivity contribution in [1.82, 2.24) is 0 Å². The average Bonchev–Trinajstić information content (AvgIpc) is 2.69. The maximum absolute atomic E-state index is 12.3. The molecule has 0 radical (unpaired) electrons. The Morgan fingerprint density at radius 3 is 2.19 bits per heavy atom. The molecule has 4 heteroatoms. The Bertz CT molecular complexity index is 919. The molecule has 0 fully saturated rings. The van der Waals surface area contributed by atoms with Gasteiger partial charge < -0.3 is 10.6 Å². The molecule has 0 aliphatic carbocycles. The van der Waals surface area contributed by atoms with Crippen molar-refractivity contribution < 1.29 is 9.59 Å². The van der Waals surface area contributed by atoms with Gasteiger partial charge in [0, 0.05) is 16.9 Å². The predicted molar refractivity (Wildman–Crippen MR) is 109 cm³/mol. The number of amides is 1. The summed E-state index contributed by atoms with van der Waals surface area (Å²) < 4.78 is 0. The molecule has 27 heavy (non-hydrogen) atoms. The molecule has 3 aromatic rings. The van der Waals surface area contributed by atoms with E-state index < -0.39 is 0 Å². The largest absolute Gasteiger partial charge is 0.376 e. The van der Waals surface area contributed by atoms with Crippen molar-refractivity contribution in [3.05, 3.63) is 95.6 Å². The number of anilines is 2. The molecule has 136 valence electrons. The summed E-state index contributed by atoms with van der Waals surface area (Å²) in [5, 5.41) is 6.05.